The molecule has 0 radical (unpaired) electrons. The van der Waals surface area contributed by atoms with Crippen LogP contribution < -0.4 is 0 Å². The van der Waals surface area contributed by atoms with Gasteiger partial charge in [-0.05, 0) is 43.4 Å². The first-order valence-electron chi connectivity index (χ1n) is 6.80. The van der Waals surface area contributed by atoms with Crippen LogP contribution in [0.1, 0.15) is 40.5 Å². The Morgan fingerprint density at radius 3 is 2.78 bits per heavy atom. The third-order valence-electron chi connectivity index (χ3n) is 5.11. The number of carbonyl (C=O) groups excluding carboxylic acids is 1. The first kappa shape index (κ1) is 13.2. The maximum absolute atomic E-state index is 12.2. The Kier molecular flexibility index (Phi) is 3.29. The van der Waals surface area contributed by atoms with E-state index in [-0.39, 0.29) is 11.2 Å². The Labute approximate surface area is 109 Å². The van der Waals surface area contributed by atoms with E-state index in [9.17, 15) is 4.79 Å². The lowest BCUT2D eigenvalue weighted by Gasteiger charge is -2.51. The second kappa shape index (κ2) is 4.47. The van der Waals surface area contributed by atoms with Gasteiger partial charge in [-0.2, -0.15) is 4.79 Å². The molecule has 0 aromatic carbocycles. The molecule has 0 aliphatic heterocycles. The SMILES string of the molecule is CC1=C[C@H]2C[C@@](C)(C(=O)C=[N+]=[N-])[C@@H]1C[C@H]2C(C)C. The van der Waals surface area contributed by atoms with E-state index in [0.717, 1.165) is 19.1 Å². The number of hydrogen-bond acceptors (Lipinski definition) is 1. The lowest BCUT2D eigenvalue weighted by atomic mass is 9.51. The van der Waals surface area contributed by atoms with Gasteiger partial charge in [-0.25, -0.2) is 0 Å². The predicted molar refractivity (Wildman–Crippen MR) is 71.1 cm³/mol. The molecule has 3 aliphatic carbocycles. The van der Waals surface area contributed by atoms with Gasteiger partial charge in [0.15, 0.2) is 0 Å². The number of Topliss-reactive ketones (excluding diaryl/α,β-unsaturated/α-hetero) is 1. The first-order chi connectivity index (χ1) is 8.40. The average Bonchev–Trinajstić information content (AvgIpc) is 2.28. The summed E-state index contributed by atoms with van der Waals surface area (Å²) in [4.78, 5) is 15.1. The van der Waals surface area contributed by atoms with Gasteiger partial charge in [0, 0.05) is 5.41 Å². The average molecular weight is 246 g/mol. The molecule has 0 unspecified atom stereocenters. The summed E-state index contributed by atoms with van der Waals surface area (Å²) >= 11 is 0. The Bertz CT molecular complexity index is 445. The van der Waals surface area contributed by atoms with Crippen molar-refractivity contribution in [2.45, 2.75) is 40.5 Å². The van der Waals surface area contributed by atoms with Crippen LogP contribution >= 0.6 is 0 Å². The van der Waals surface area contributed by atoms with E-state index in [1.54, 1.807) is 0 Å². The summed E-state index contributed by atoms with van der Waals surface area (Å²) in [7, 11) is 0. The number of carbonyl (C=O) groups is 1. The summed E-state index contributed by atoms with van der Waals surface area (Å²) < 4.78 is 0. The summed E-state index contributed by atoms with van der Waals surface area (Å²) in [6.45, 7) is 8.70. The third kappa shape index (κ3) is 1.87. The van der Waals surface area contributed by atoms with Crippen molar-refractivity contribution in [2.75, 3.05) is 0 Å². The van der Waals surface area contributed by atoms with Crippen LogP contribution in [0.3, 0.4) is 0 Å². The van der Waals surface area contributed by atoms with E-state index in [2.05, 4.69) is 31.6 Å². The van der Waals surface area contributed by atoms with Crippen LogP contribution in [0.5, 0.6) is 0 Å². The molecule has 18 heavy (non-hydrogen) atoms. The summed E-state index contributed by atoms with van der Waals surface area (Å²) in [5.41, 5.74) is 9.56. The zero-order valence-electron chi connectivity index (χ0n) is 11.7. The van der Waals surface area contributed by atoms with Gasteiger partial charge in [0.2, 0.25) is 5.78 Å². The minimum absolute atomic E-state index is 0.0327. The van der Waals surface area contributed by atoms with Crippen molar-refractivity contribution in [3.63, 3.8) is 0 Å². The second-order valence-electron chi connectivity index (χ2n) is 6.50. The van der Waals surface area contributed by atoms with Gasteiger partial charge in [-0.3, -0.25) is 4.79 Å². The fourth-order valence-electron chi connectivity index (χ4n) is 4.05. The molecular weight excluding hydrogens is 224 g/mol. The summed E-state index contributed by atoms with van der Waals surface area (Å²) in [6.07, 6.45) is 5.43. The maximum atomic E-state index is 12.2. The van der Waals surface area contributed by atoms with Crippen molar-refractivity contribution in [3.8, 4) is 0 Å². The minimum Gasteiger partial charge on any atom is -0.361 e. The summed E-state index contributed by atoms with van der Waals surface area (Å²) in [5, 5.41) is 0. The molecule has 0 spiro atoms. The van der Waals surface area contributed by atoms with Gasteiger partial charge in [0.05, 0.1) is 0 Å². The van der Waals surface area contributed by atoms with E-state index >= 15 is 0 Å². The zero-order chi connectivity index (χ0) is 13.5. The predicted octanol–water partition coefficient (Wildman–Crippen LogP) is 3.12. The highest BCUT2D eigenvalue weighted by molar-refractivity contribution is 6.27. The molecule has 3 heteroatoms. The highest BCUT2D eigenvalue weighted by Crippen LogP contribution is 2.56. The number of ketones is 1. The molecule has 0 amide bonds. The van der Waals surface area contributed by atoms with E-state index in [1.807, 2.05) is 6.92 Å². The van der Waals surface area contributed by atoms with Gasteiger partial charge in [0.25, 0.3) is 0 Å². The number of fused-ring (bicyclic) bond motifs is 2. The van der Waals surface area contributed by atoms with Gasteiger partial charge in [0.1, 0.15) is 0 Å². The van der Waals surface area contributed by atoms with Crippen molar-refractivity contribution in [3.05, 3.63) is 17.2 Å². The Morgan fingerprint density at radius 1 is 1.61 bits per heavy atom. The molecule has 3 nitrogen and oxygen atoms in total. The van der Waals surface area contributed by atoms with Gasteiger partial charge >= 0.3 is 6.21 Å². The topological polar surface area (TPSA) is 53.5 Å². The summed E-state index contributed by atoms with van der Waals surface area (Å²) in [5.74, 6) is 2.12. The molecule has 2 bridgehead atoms. The number of nitrogens with zero attached hydrogens (tertiary/aromatic N) is 2. The molecule has 1 fully saturated rings. The minimum atomic E-state index is -0.374. The van der Waals surface area contributed by atoms with Crippen LogP contribution in [0.4, 0.5) is 0 Å². The Balaban J connectivity index is 2.34. The van der Waals surface area contributed by atoms with Crippen molar-refractivity contribution in [2.24, 2.45) is 29.1 Å². The lowest BCUT2D eigenvalue weighted by molar-refractivity contribution is -0.131. The molecule has 0 saturated heterocycles. The van der Waals surface area contributed by atoms with Crippen molar-refractivity contribution < 1.29 is 9.58 Å². The van der Waals surface area contributed by atoms with Crippen molar-refractivity contribution in [1.29, 1.82) is 0 Å². The highest BCUT2D eigenvalue weighted by Gasteiger charge is 2.52. The van der Waals surface area contributed by atoms with Gasteiger partial charge < -0.3 is 5.53 Å². The van der Waals surface area contributed by atoms with Crippen molar-refractivity contribution in [1.82, 2.24) is 0 Å². The largest absolute Gasteiger partial charge is 0.361 e. The lowest BCUT2D eigenvalue weighted by Crippen LogP contribution is -2.49. The fourth-order valence-corrected chi connectivity index (χ4v) is 4.05. The molecule has 3 rings (SSSR count). The molecule has 3 aliphatic rings. The Hall–Kier alpha value is -1.21. The third-order valence-corrected chi connectivity index (χ3v) is 5.11. The van der Waals surface area contributed by atoms with Gasteiger partial charge in [-0.15, -0.1) is 0 Å². The fraction of sp³-hybridized carbons (Fsp3) is 0.733. The molecule has 1 saturated carbocycles. The zero-order valence-corrected chi connectivity index (χ0v) is 11.7. The van der Waals surface area contributed by atoms with Gasteiger partial charge in [-0.1, -0.05) is 32.4 Å². The molecule has 0 N–H and O–H groups in total. The van der Waals surface area contributed by atoms with Crippen LogP contribution in [0, 0.1) is 29.1 Å². The van der Waals surface area contributed by atoms with Crippen LogP contribution in [-0.4, -0.2) is 16.8 Å². The van der Waals surface area contributed by atoms with Crippen LogP contribution in [-0.2, 0) is 4.79 Å². The van der Waals surface area contributed by atoms with Crippen LogP contribution in [0.15, 0.2) is 11.6 Å². The van der Waals surface area contributed by atoms with Crippen molar-refractivity contribution >= 4 is 12.0 Å². The maximum Gasteiger partial charge on any atom is 0.323 e. The molecule has 0 aromatic rings. The van der Waals surface area contributed by atoms with E-state index < -0.39 is 0 Å². The van der Waals surface area contributed by atoms with Crippen LogP contribution in [0.25, 0.3) is 5.53 Å². The van der Waals surface area contributed by atoms with E-state index in [4.69, 9.17) is 5.53 Å². The molecule has 0 heterocycles. The van der Waals surface area contributed by atoms with E-state index in [1.165, 1.54) is 5.57 Å². The normalized spacial score (nSPS) is 38.3. The highest BCUT2D eigenvalue weighted by atomic mass is 16.1. The molecule has 0 aromatic heterocycles. The molecular formula is C15H22N2O. The first-order valence-corrected chi connectivity index (χ1v) is 6.80. The quantitative estimate of drug-likeness (QED) is 0.327. The second-order valence-corrected chi connectivity index (χ2v) is 6.50. The summed E-state index contributed by atoms with van der Waals surface area (Å²) in [6, 6.07) is 0. The molecule has 98 valence electrons. The van der Waals surface area contributed by atoms with Crippen LogP contribution in [0.2, 0.25) is 0 Å². The monoisotopic (exact) mass is 246 g/mol. The number of allylic oxidation sites excluding steroid dienone is 2. The standard InChI is InChI=1S/C15H22N2O/c1-9(2)12-6-13-10(3)5-11(12)7-15(13,4)14(18)8-17-16/h5,8-9,11-13H,6-7H2,1-4H3/t11-,12-,13+,15+/m0/s1. The molecule has 4 atom stereocenters. The Morgan fingerprint density at radius 2 is 2.28 bits per heavy atom. The van der Waals surface area contributed by atoms with E-state index in [0.29, 0.717) is 23.7 Å². The smallest absolute Gasteiger partial charge is 0.323 e. The number of hydrogen-bond donors (Lipinski definition) is 0. The number of rotatable bonds is 3.